The van der Waals surface area contributed by atoms with Gasteiger partial charge in [0.25, 0.3) is 0 Å². The molecule has 2 amide bonds. The zero-order valence-corrected chi connectivity index (χ0v) is 28.1. The number of nitrogens with two attached hydrogens (primary N) is 2. The number of primary amides is 2. The van der Waals surface area contributed by atoms with Crippen LogP contribution in [0.1, 0.15) is 181 Å². The molecule has 0 aromatic rings. The summed E-state index contributed by atoms with van der Waals surface area (Å²) in [5.74, 6) is 9.61. The molecule has 0 aliphatic carbocycles. The molecule has 0 saturated carbocycles. The molecule has 0 aliphatic heterocycles. The molecule has 0 spiro atoms. The van der Waals surface area contributed by atoms with Crippen LogP contribution in [-0.2, 0) is 19.2 Å². The number of carboxylic acid groups (broad SMARTS) is 2. The lowest BCUT2D eigenvalue weighted by Crippen LogP contribution is -2.09. The van der Waals surface area contributed by atoms with Crippen molar-refractivity contribution in [2.75, 3.05) is 0 Å². The Morgan fingerprint density at radius 2 is 0.705 bits per heavy atom. The van der Waals surface area contributed by atoms with Gasteiger partial charge in [-0.15, -0.1) is 0 Å². The largest absolute Gasteiger partial charge is 0.481 e. The van der Waals surface area contributed by atoms with Crippen LogP contribution in [0.5, 0.6) is 0 Å². The zero-order valence-electron chi connectivity index (χ0n) is 28.1. The molecule has 0 unspecified atom stereocenters. The number of hydrogen-bond acceptors (Lipinski definition) is 4. The molecule has 0 saturated heterocycles. The van der Waals surface area contributed by atoms with E-state index in [1.165, 1.54) is 64.2 Å². The van der Waals surface area contributed by atoms with E-state index in [1.54, 1.807) is 0 Å². The van der Waals surface area contributed by atoms with Crippen LogP contribution in [0, 0.1) is 23.7 Å². The standard InChI is InChI=1S/C16H22O4.2C10H21NO/c17-15(18)13-11-9-7-5-3-1-2-4-6-8-10-12-14-16(19)20;2*1-2-3-4-5-6-7-8-9-10(11)12/h5-14H2,(H,17,18)(H,19,20);2*2-9H2,1H3,(H2,11,12). The van der Waals surface area contributed by atoms with E-state index in [2.05, 4.69) is 37.5 Å². The zero-order chi connectivity index (χ0) is 33.5. The number of carbonyl (C=O) groups is 4. The second-order valence-electron chi connectivity index (χ2n) is 11.2. The maximum absolute atomic E-state index is 10.4. The van der Waals surface area contributed by atoms with Gasteiger partial charge in [0, 0.05) is 38.5 Å². The van der Waals surface area contributed by atoms with E-state index >= 15 is 0 Å². The first-order chi connectivity index (χ1) is 21.2. The Kier molecular flexibility index (Phi) is 41.3. The number of carboxylic acids is 2. The number of unbranched alkanes of at least 4 members (excludes halogenated alkanes) is 18. The molecule has 44 heavy (non-hydrogen) atoms. The van der Waals surface area contributed by atoms with Crippen LogP contribution in [0.15, 0.2) is 0 Å². The molecule has 0 bridgehead atoms. The van der Waals surface area contributed by atoms with Crippen molar-refractivity contribution in [2.24, 2.45) is 11.5 Å². The Morgan fingerprint density at radius 1 is 0.432 bits per heavy atom. The Labute approximate surface area is 268 Å². The smallest absolute Gasteiger partial charge is 0.303 e. The van der Waals surface area contributed by atoms with Gasteiger partial charge in [0.2, 0.25) is 11.8 Å². The summed E-state index contributed by atoms with van der Waals surface area (Å²) in [6.07, 6.45) is 25.5. The van der Waals surface area contributed by atoms with E-state index in [0.29, 0.717) is 25.7 Å². The van der Waals surface area contributed by atoms with E-state index < -0.39 is 11.9 Å². The highest BCUT2D eigenvalue weighted by atomic mass is 16.4. The van der Waals surface area contributed by atoms with Crippen molar-refractivity contribution in [1.82, 2.24) is 0 Å². The average Bonchev–Trinajstić information content (AvgIpc) is 2.96. The van der Waals surface area contributed by atoms with Gasteiger partial charge < -0.3 is 21.7 Å². The molecule has 0 aliphatic rings. The number of carbonyl (C=O) groups excluding carboxylic acids is 2. The van der Waals surface area contributed by atoms with Crippen molar-refractivity contribution in [1.29, 1.82) is 0 Å². The predicted molar refractivity (Wildman–Crippen MR) is 181 cm³/mol. The normalized spacial score (nSPS) is 9.59. The van der Waals surface area contributed by atoms with Gasteiger partial charge >= 0.3 is 11.9 Å². The van der Waals surface area contributed by atoms with Gasteiger partial charge in [-0.1, -0.05) is 116 Å². The van der Waals surface area contributed by atoms with Crippen molar-refractivity contribution >= 4 is 23.8 Å². The lowest BCUT2D eigenvalue weighted by Gasteiger charge is -1.98. The van der Waals surface area contributed by atoms with Gasteiger partial charge in [-0.3, -0.25) is 19.2 Å². The fourth-order valence-corrected chi connectivity index (χ4v) is 4.06. The minimum atomic E-state index is -0.745. The summed E-state index contributed by atoms with van der Waals surface area (Å²) < 4.78 is 0. The monoisotopic (exact) mass is 620 g/mol. The van der Waals surface area contributed by atoms with Crippen LogP contribution in [0.3, 0.4) is 0 Å². The molecule has 0 fully saturated rings. The van der Waals surface area contributed by atoms with Gasteiger partial charge in [-0.2, -0.15) is 0 Å². The maximum atomic E-state index is 10.4. The van der Waals surface area contributed by atoms with Crippen LogP contribution in [-0.4, -0.2) is 34.0 Å². The molecular weight excluding hydrogens is 556 g/mol. The van der Waals surface area contributed by atoms with E-state index in [-0.39, 0.29) is 24.7 Å². The average molecular weight is 621 g/mol. The number of rotatable bonds is 26. The van der Waals surface area contributed by atoms with Crippen molar-refractivity contribution < 1.29 is 29.4 Å². The highest BCUT2D eigenvalue weighted by Gasteiger charge is 1.97. The molecule has 0 radical (unpaired) electrons. The molecule has 0 aromatic carbocycles. The number of amides is 2. The first-order valence-corrected chi connectivity index (χ1v) is 17.1. The summed E-state index contributed by atoms with van der Waals surface area (Å²) in [5.41, 5.74) is 10.0. The summed E-state index contributed by atoms with van der Waals surface area (Å²) in [7, 11) is 0. The van der Waals surface area contributed by atoms with E-state index in [4.69, 9.17) is 21.7 Å². The van der Waals surface area contributed by atoms with E-state index in [9.17, 15) is 19.2 Å². The first-order valence-electron chi connectivity index (χ1n) is 17.1. The minimum Gasteiger partial charge on any atom is -0.481 e. The Bertz CT molecular complexity index is 752. The molecule has 6 N–H and O–H groups in total. The van der Waals surface area contributed by atoms with Gasteiger partial charge in [0.1, 0.15) is 0 Å². The fourth-order valence-electron chi connectivity index (χ4n) is 4.06. The van der Waals surface area contributed by atoms with Crippen LogP contribution in [0.4, 0.5) is 0 Å². The van der Waals surface area contributed by atoms with Crippen LogP contribution >= 0.6 is 0 Å². The Morgan fingerprint density at radius 3 is 1.00 bits per heavy atom. The summed E-state index contributed by atoms with van der Waals surface area (Å²) in [4.78, 5) is 41.2. The van der Waals surface area contributed by atoms with Gasteiger partial charge in [-0.05, 0) is 50.4 Å². The van der Waals surface area contributed by atoms with Crippen LogP contribution in [0.25, 0.3) is 0 Å². The molecule has 8 nitrogen and oxygen atoms in total. The highest BCUT2D eigenvalue weighted by molar-refractivity contribution is 5.73. The lowest BCUT2D eigenvalue weighted by molar-refractivity contribution is -0.138. The third-order valence-corrected chi connectivity index (χ3v) is 6.68. The van der Waals surface area contributed by atoms with Crippen molar-refractivity contribution in [3.05, 3.63) is 0 Å². The molecular formula is C36H64N2O6. The molecule has 0 rings (SSSR count). The lowest BCUT2D eigenvalue weighted by atomic mass is 10.1. The second-order valence-corrected chi connectivity index (χ2v) is 11.2. The van der Waals surface area contributed by atoms with Crippen LogP contribution < -0.4 is 11.5 Å². The summed E-state index contributed by atoms with van der Waals surface area (Å²) in [6.45, 7) is 4.43. The second kappa shape index (κ2) is 40.0. The Balaban J connectivity index is -0.000000606. The molecule has 8 heteroatoms. The van der Waals surface area contributed by atoms with E-state index in [1.807, 2.05) is 0 Å². The minimum absolute atomic E-state index is 0.163. The van der Waals surface area contributed by atoms with Crippen molar-refractivity contribution in [3.63, 3.8) is 0 Å². The van der Waals surface area contributed by atoms with Gasteiger partial charge in [0.05, 0.1) is 0 Å². The quantitative estimate of drug-likeness (QED) is 0.0562. The third kappa shape index (κ3) is 55.0. The molecule has 0 heterocycles. The molecule has 0 aromatic heterocycles. The molecule has 0 atom stereocenters. The predicted octanol–water partition coefficient (Wildman–Crippen LogP) is 8.29. The number of aliphatic carboxylic acids is 2. The highest BCUT2D eigenvalue weighted by Crippen LogP contribution is 2.09. The van der Waals surface area contributed by atoms with Gasteiger partial charge in [-0.25, -0.2) is 0 Å². The van der Waals surface area contributed by atoms with Crippen molar-refractivity contribution in [3.8, 4) is 23.7 Å². The van der Waals surface area contributed by atoms with Crippen LogP contribution in [0.2, 0.25) is 0 Å². The van der Waals surface area contributed by atoms with Crippen molar-refractivity contribution in [2.45, 2.75) is 181 Å². The Hall–Kier alpha value is -3.00. The van der Waals surface area contributed by atoms with E-state index in [0.717, 1.165) is 64.2 Å². The maximum Gasteiger partial charge on any atom is 0.303 e. The third-order valence-electron chi connectivity index (χ3n) is 6.68. The first kappa shape index (κ1) is 45.4. The molecule has 254 valence electrons. The number of hydrogen-bond donors (Lipinski definition) is 4. The van der Waals surface area contributed by atoms with Gasteiger partial charge in [0.15, 0.2) is 0 Å². The summed E-state index contributed by atoms with van der Waals surface area (Å²) in [5, 5.41) is 16.9. The topological polar surface area (TPSA) is 161 Å². The fraction of sp³-hybridized carbons (Fsp3) is 0.778. The summed E-state index contributed by atoms with van der Waals surface area (Å²) in [6, 6.07) is 0. The SMILES string of the molecule is CCCCCCCCCC(N)=O.CCCCCCCCCC(N)=O.O=C(O)CCCCCC#CC#CCCCCCC(=O)O. The summed E-state index contributed by atoms with van der Waals surface area (Å²) >= 11 is 0.